The van der Waals surface area contributed by atoms with Crippen LogP contribution in [0.15, 0.2) is 36.4 Å². The first kappa shape index (κ1) is 14.2. The van der Waals surface area contributed by atoms with Gasteiger partial charge in [0.15, 0.2) is 11.6 Å². The molecule has 0 aliphatic heterocycles. The quantitative estimate of drug-likeness (QED) is 0.902. The van der Waals surface area contributed by atoms with E-state index in [0.29, 0.717) is 11.3 Å². The number of halogens is 3. The molecule has 1 atom stereocenters. The second-order valence-corrected chi connectivity index (χ2v) is 4.35. The van der Waals surface area contributed by atoms with E-state index in [0.717, 1.165) is 6.07 Å². The molecule has 0 bridgehead atoms. The zero-order valence-electron chi connectivity index (χ0n) is 11.1. The highest BCUT2D eigenvalue weighted by Gasteiger charge is 2.15. The fourth-order valence-electron chi connectivity index (χ4n) is 1.91. The Morgan fingerprint density at radius 1 is 1.05 bits per heavy atom. The predicted octanol–water partition coefficient (Wildman–Crippen LogP) is 4.29. The number of rotatable bonds is 4. The minimum absolute atomic E-state index is 0.00674. The molecule has 0 aromatic heterocycles. The Bertz CT molecular complexity index is 616. The van der Waals surface area contributed by atoms with Gasteiger partial charge in [0.1, 0.15) is 11.6 Å². The predicted molar refractivity (Wildman–Crippen MR) is 71.3 cm³/mol. The van der Waals surface area contributed by atoms with E-state index in [1.165, 1.54) is 25.3 Å². The largest absolute Gasteiger partial charge is 0.497 e. The van der Waals surface area contributed by atoms with Crippen LogP contribution in [0.5, 0.6) is 5.75 Å². The summed E-state index contributed by atoms with van der Waals surface area (Å²) in [4.78, 5) is 0. The molecule has 2 aromatic rings. The molecule has 0 aliphatic rings. The standard InChI is InChI=1S/C15H14F3NO/c1-9(11-7-6-10(20-2)8-13(11)17)19-14-5-3-4-12(16)15(14)18/h3-9,19H,1-2H3. The first-order chi connectivity index (χ1) is 9.52. The second-order valence-electron chi connectivity index (χ2n) is 4.35. The van der Waals surface area contributed by atoms with Gasteiger partial charge >= 0.3 is 0 Å². The Balaban J connectivity index is 2.24. The molecule has 0 spiro atoms. The summed E-state index contributed by atoms with van der Waals surface area (Å²) in [6, 6.07) is 7.70. The number of hydrogen-bond acceptors (Lipinski definition) is 2. The molecular weight excluding hydrogens is 267 g/mol. The molecule has 1 N–H and O–H groups in total. The summed E-state index contributed by atoms with van der Waals surface area (Å²) in [5, 5.41) is 2.75. The van der Waals surface area contributed by atoms with Crippen LogP contribution in [-0.2, 0) is 0 Å². The monoisotopic (exact) mass is 281 g/mol. The van der Waals surface area contributed by atoms with Crippen molar-refractivity contribution in [2.75, 3.05) is 12.4 Å². The maximum absolute atomic E-state index is 13.9. The van der Waals surface area contributed by atoms with Crippen molar-refractivity contribution in [1.29, 1.82) is 0 Å². The fourth-order valence-corrected chi connectivity index (χ4v) is 1.91. The zero-order chi connectivity index (χ0) is 14.7. The first-order valence-corrected chi connectivity index (χ1v) is 6.07. The van der Waals surface area contributed by atoms with E-state index in [4.69, 9.17) is 4.74 Å². The van der Waals surface area contributed by atoms with Gasteiger partial charge in [-0.2, -0.15) is 0 Å². The summed E-state index contributed by atoms with van der Waals surface area (Å²) >= 11 is 0. The normalized spacial score (nSPS) is 12.1. The summed E-state index contributed by atoms with van der Waals surface area (Å²) < 4.78 is 45.4. The van der Waals surface area contributed by atoms with Crippen LogP contribution in [0.25, 0.3) is 0 Å². The molecule has 0 heterocycles. The molecule has 0 aliphatic carbocycles. The highest BCUT2D eigenvalue weighted by Crippen LogP contribution is 2.26. The van der Waals surface area contributed by atoms with Crippen LogP contribution >= 0.6 is 0 Å². The van der Waals surface area contributed by atoms with Gasteiger partial charge in [-0.3, -0.25) is 0 Å². The molecule has 2 nitrogen and oxygen atoms in total. The zero-order valence-corrected chi connectivity index (χ0v) is 11.1. The lowest BCUT2D eigenvalue weighted by atomic mass is 10.1. The van der Waals surface area contributed by atoms with Crippen molar-refractivity contribution in [2.45, 2.75) is 13.0 Å². The average molecular weight is 281 g/mol. The third-order valence-corrected chi connectivity index (χ3v) is 3.00. The molecule has 0 amide bonds. The molecule has 0 radical (unpaired) electrons. The van der Waals surface area contributed by atoms with Crippen LogP contribution in [0.1, 0.15) is 18.5 Å². The highest BCUT2D eigenvalue weighted by molar-refractivity contribution is 5.47. The van der Waals surface area contributed by atoms with E-state index in [9.17, 15) is 13.2 Å². The third kappa shape index (κ3) is 2.87. The molecule has 0 saturated carbocycles. The topological polar surface area (TPSA) is 21.3 Å². The molecule has 2 aromatic carbocycles. The number of hydrogen-bond donors (Lipinski definition) is 1. The molecule has 106 valence electrons. The van der Waals surface area contributed by atoms with Crippen molar-refractivity contribution in [1.82, 2.24) is 0 Å². The minimum atomic E-state index is -0.978. The number of anilines is 1. The van der Waals surface area contributed by atoms with E-state index in [2.05, 4.69) is 5.32 Å². The van der Waals surface area contributed by atoms with Gasteiger partial charge in [0.2, 0.25) is 0 Å². The number of benzene rings is 2. The van der Waals surface area contributed by atoms with Crippen LogP contribution in [-0.4, -0.2) is 7.11 Å². The molecular formula is C15H14F3NO. The lowest BCUT2D eigenvalue weighted by Crippen LogP contribution is -2.10. The summed E-state index contributed by atoms with van der Waals surface area (Å²) in [7, 11) is 1.44. The van der Waals surface area contributed by atoms with Crippen molar-refractivity contribution in [3.05, 3.63) is 59.4 Å². The third-order valence-electron chi connectivity index (χ3n) is 3.00. The van der Waals surface area contributed by atoms with E-state index < -0.39 is 23.5 Å². The minimum Gasteiger partial charge on any atom is -0.497 e. The van der Waals surface area contributed by atoms with Crippen LogP contribution < -0.4 is 10.1 Å². The van der Waals surface area contributed by atoms with E-state index >= 15 is 0 Å². The van der Waals surface area contributed by atoms with Gasteiger partial charge in [-0.1, -0.05) is 12.1 Å². The van der Waals surface area contributed by atoms with Gasteiger partial charge in [0, 0.05) is 11.6 Å². The number of methoxy groups -OCH3 is 1. The average Bonchev–Trinajstić information content (AvgIpc) is 2.43. The van der Waals surface area contributed by atoms with Crippen molar-refractivity contribution in [3.63, 3.8) is 0 Å². The van der Waals surface area contributed by atoms with Crippen LogP contribution in [0.3, 0.4) is 0 Å². The van der Waals surface area contributed by atoms with Gasteiger partial charge in [-0.25, -0.2) is 13.2 Å². The SMILES string of the molecule is COc1ccc(C(C)Nc2cccc(F)c2F)c(F)c1. The lowest BCUT2D eigenvalue weighted by molar-refractivity contribution is 0.410. The van der Waals surface area contributed by atoms with Gasteiger partial charge in [0.05, 0.1) is 18.8 Å². The smallest absolute Gasteiger partial charge is 0.181 e. The Morgan fingerprint density at radius 2 is 1.80 bits per heavy atom. The Kier molecular flexibility index (Phi) is 4.17. The van der Waals surface area contributed by atoms with Crippen LogP contribution in [0.4, 0.5) is 18.9 Å². The van der Waals surface area contributed by atoms with E-state index in [-0.39, 0.29) is 5.69 Å². The van der Waals surface area contributed by atoms with E-state index in [1.54, 1.807) is 19.1 Å². The molecule has 0 fully saturated rings. The van der Waals surface area contributed by atoms with Gasteiger partial charge in [0.25, 0.3) is 0 Å². The van der Waals surface area contributed by atoms with Crippen molar-refractivity contribution in [3.8, 4) is 5.75 Å². The summed E-state index contributed by atoms with van der Waals surface area (Å²) in [5.41, 5.74) is 0.335. The summed E-state index contributed by atoms with van der Waals surface area (Å²) in [6.45, 7) is 1.66. The van der Waals surface area contributed by atoms with Gasteiger partial charge in [-0.15, -0.1) is 0 Å². The first-order valence-electron chi connectivity index (χ1n) is 6.07. The summed E-state index contributed by atoms with van der Waals surface area (Å²) in [5.74, 6) is -2.00. The van der Waals surface area contributed by atoms with Crippen LogP contribution in [0, 0.1) is 17.5 Å². The van der Waals surface area contributed by atoms with Gasteiger partial charge < -0.3 is 10.1 Å². The maximum atomic E-state index is 13.9. The number of nitrogens with one attached hydrogen (secondary N) is 1. The summed E-state index contributed by atoms with van der Waals surface area (Å²) in [6.07, 6.45) is 0. The Morgan fingerprint density at radius 3 is 2.45 bits per heavy atom. The van der Waals surface area contributed by atoms with Crippen molar-refractivity contribution in [2.24, 2.45) is 0 Å². The Labute approximate surface area is 115 Å². The molecule has 20 heavy (non-hydrogen) atoms. The molecule has 2 rings (SSSR count). The van der Waals surface area contributed by atoms with Crippen molar-refractivity contribution >= 4 is 5.69 Å². The van der Waals surface area contributed by atoms with Crippen LogP contribution in [0.2, 0.25) is 0 Å². The molecule has 0 saturated heterocycles. The van der Waals surface area contributed by atoms with E-state index in [1.807, 2.05) is 0 Å². The molecule has 5 heteroatoms. The maximum Gasteiger partial charge on any atom is 0.181 e. The number of ether oxygens (including phenoxy) is 1. The highest BCUT2D eigenvalue weighted by atomic mass is 19.2. The lowest BCUT2D eigenvalue weighted by Gasteiger charge is -2.17. The van der Waals surface area contributed by atoms with Crippen molar-refractivity contribution < 1.29 is 17.9 Å². The Hall–Kier alpha value is -2.17. The van der Waals surface area contributed by atoms with Gasteiger partial charge in [-0.05, 0) is 25.1 Å². The second kappa shape index (κ2) is 5.86. The fraction of sp³-hybridized carbons (Fsp3) is 0.200. The molecule has 1 unspecified atom stereocenters.